The van der Waals surface area contributed by atoms with Gasteiger partial charge in [-0.15, -0.1) is 0 Å². The molecule has 2 amide bonds. The number of fused-ring (bicyclic) bond motifs is 1. The number of aryl methyl sites for hydroxylation is 1. The molecule has 3 rings (SSSR count). The van der Waals surface area contributed by atoms with Crippen molar-refractivity contribution in [3.8, 4) is 6.07 Å². The number of carbonyl (C=O) groups excluding carboxylic acids is 1. The topological polar surface area (TPSA) is 153 Å². The second-order valence-electron chi connectivity index (χ2n) is 8.81. The van der Waals surface area contributed by atoms with E-state index in [9.17, 15) is 9.59 Å². The first-order valence-corrected chi connectivity index (χ1v) is 13.0. The fraction of sp³-hybridized carbons (Fsp3) is 0.481. The number of aromatic nitrogens is 3. The second kappa shape index (κ2) is 16.8. The minimum absolute atomic E-state index is 0.00642. The van der Waals surface area contributed by atoms with Crippen LogP contribution in [0.25, 0.3) is 10.9 Å². The van der Waals surface area contributed by atoms with Crippen LogP contribution >= 0.6 is 0 Å². The van der Waals surface area contributed by atoms with Gasteiger partial charge in [-0.1, -0.05) is 6.07 Å². The fourth-order valence-electron chi connectivity index (χ4n) is 3.88. The summed E-state index contributed by atoms with van der Waals surface area (Å²) in [4.78, 5) is 26.8. The highest BCUT2D eigenvalue weighted by Gasteiger charge is 2.06. The van der Waals surface area contributed by atoms with Gasteiger partial charge in [0.05, 0.1) is 69.8 Å². The van der Waals surface area contributed by atoms with Crippen molar-refractivity contribution in [2.24, 2.45) is 0 Å². The molecule has 2 aromatic heterocycles. The second-order valence-corrected chi connectivity index (χ2v) is 8.81. The summed E-state index contributed by atoms with van der Waals surface area (Å²) in [5.74, 6) is 0.00642. The van der Waals surface area contributed by atoms with Crippen LogP contribution in [0.1, 0.15) is 30.5 Å². The zero-order chi connectivity index (χ0) is 27.7. The van der Waals surface area contributed by atoms with E-state index in [4.69, 9.17) is 24.6 Å². The minimum atomic E-state index is -1.07. The first-order chi connectivity index (χ1) is 19.0. The summed E-state index contributed by atoms with van der Waals surface area (Å²) in [6, 6.07) is 9.89. The zero-order valence-electron chi connectivity index (χ0n) is 22.0. The Balaban J connectivity index is 1.17. The van der Waals surface area contributed by atoms with Crippen molar-refractivity contribution >= 4 is 22.9 Å². The van der Waals surface area contributed by atoms with Crippen LogP contribution < -0.4 is 10.6 Å². The molecule has 0 spiro atoms. The Morgan fingerprint density at radius 3 is 2.41 bits per heavy atom. The SMILES string of the molecule is N#Cc1ccc2ccn(Cc3cn(CCCCC(=O)NCCOCCOCCOCCNC(=O)O)cn3)c2c1. The van der Waals surface area contributed by atoms with Gasteiger partial charge in [-0.05, 0) is 36.4 Å². The number of ether oxygens (including phenoxy) is 3. The monoisotopic (exact) mass is 540 g/mol. The molecule has 0 aliphatic carbocycles. The van der Waals surface area contributed by atoms with Crippen molar-refractivity contribution in [1.29, 1.82) is 5.26 Å². The van der Waals surface area contributed by atoms with Gasteiger partial charge in [-0.3, -0.25) is 4.79 Å². The summed E-state index contributed by atoms with van der Waals surface area (Å²) in [5, 5.41) is 23.7. The lowest BCUT2D eigenvalue weighted by molar-refractivity contribution is -0.121. The molecule has 210 valence electrons. The Labute approximate surface area is 227 Å². The molecule has 0 saturated carbocycles. The van der Waals surface area contributed by atoms with Gasteiger partial charge in [0.15, 0.2) is 0 Å². The van der Waals surface area contributed by atoms with Crippen molar-refractivity contribution in [2.45, 2.75) is 32.4 Å². The number of rotatable bonds is 19. The van der Waals surface area contributed by atoms with Gasteiger partial charge in [0.1, 0.15) is 0 Å². The van der Waals surface area contributed by atoms with Gasteiger partial charge < -0.3 is 39.1 Å². The Hall–Kier alpha value is -3.92. The van der Waals surface area contributed by atoms with Crippen LogP contribution in [0.3, 0.4) is 0 Å². The van der Waals surface area contributed by atoms with Crippen molar-refractivity contribution in [3.05, 3.63) is 54.2 Å². The van der Waals surface area contributed by atoms with Crippen molar-refractivity contribution in [1.82, 2.24) is 24.8 Å². The zero-order valence-corrected chi connectivity index (χ0v) is 22.0. The van der Waals surface area contributed by atoms with Crippen LogP contribution in [0.15, 0.2) is 43.0 Å². The molecule has 39 heavy (non-hydrogen) atoms. The van der Waals surface area contributed by atoms with Crippen molar-refractivity contribution < 1.29 is 28.9 Å². The number of carbonyl (C=O) groups is 2. The summed E-state index contributed by atoms with van der Waals surface area (Å²) in [6.45, 7) is 4.47. The molecule has 3 N–H and O–H groups in total. The number of nitrogens with zero attached hydrogens (tertiary/aromatic N) is 4. The molecule has 1 aromatic carbocycles. The van der Waals surface area contributed by atoms with E-state index in [-0.39, 0.29) is 12.5 Å². The van der Waals surface area contributed by atoms with E-state index in [0.717, 1.165) is 36.0 Å². The molecule has 12 nitrogen and oxygen atoms in total. The molecule has 0 atom stereocenters. The van der Waals surface area contributed by atoms with Crippen LogP contribution in [-0.2, 0) is 32.1 Å². The van der Waals surface area contributed by atoms with Crippen LogP contribution in [0, 0.1) is 11.3 Å². The summed E-state index contributed by atoms with van der Waals surface area (Å²) < 4.78 is 20.1. The molecule has 2 heterocycles. The van der Waals surface area contributed by atoms with Crippen LogP contribution in [0.4, 0.5) is 4.79 Å². The first kappa shape index (κ1) is 29.6. The summed E-state index contributed by atoms with van der Waals surface area (Å²) in [7, 11) is 0. The molecule has 0 radical (unpaired) electrons. The molecule has 0 aliphatic rings. The number of carboxylic acid groups (broad SMARTS) is 1. The summed E-state index contributed by atoms with van der Waals surface area (Å²) in [6.07, 6.45) is 6.89. The Bertz CT molecular complexity index is 1220. The van der Waals surface area contributed by atoms with Crippen molar-refractivity contribution in [3.63, 3.8) is 0 Å². The standard InChI is InChI=1S/C27H36N6O6/c28-18-22-4-5-23-6-10-33(25(23)17-22)20-24-19-32(21-31-24)9-2-1-3-26(34)29-7-11-37-13-15-39-16-14-38-12-8-30-27(35)36/h4-6,10,17,19,21,30H,1-3,7-9,11-16,20H2,(H,29,34)(H,35,36). The molecule has 0 bridgehead atoms. The van der Waals surface area contributed by atoms with Crippen LogP contribution in [0.2, 0.25) is 0 Å². The molecule has 0 saturated heterocycles. The Morgan fingerprint density at radius 1 is 0.974 bits per heavy atom. The normalized spacial score (nSPS) is 10.9. The van der Waals surface area contributed by atoms with E-state index in [2.05, 4.69) is 26.3 Å². The Kier molecular flexibility index (Phi) is 12.8. The van der Waals surface area contributed by atoms with Crippen molar-refractivity contribution in [2.75, 3.05) is 52.7 Å². The molecule has 0 unspecified atom stereocenters. The highest BCUT2D eigenvalue weighted by Crippen LogP contribution is 2.18. The van der Waals surface area contributed by atoms with Gasteiger partial charge in [0.2, 0.25) is 5.91 Å². The lowest BCUT2D eigenvalue weighted by Crippen LogP contribution is -2.27. The highest BCUT2D eigenvalue weighted by molar-refractivity contribution is 5.81. The molecule has 3 aromatic rings. The summed E-state index contributed by atoms with van der Waals surface area (Å²) >= 11 is 0. The van der Waals surface area contributed by atoms with Gasteiger partial charge in [-0.25, -0.2) is 9.78 Å². The highest BCUT2D eigenvalue weighted by atomic mass is 16.5. The molecular formula is C27H36N6O6. The third-order valence-electron chi connectivity index (χ3n) is 5.83. The van der Waals surface area contributed by atoms with E-state index < -0.39 is 6.09 Å². The molecular weight excluding hydrogens is 504 g/mol. The van der Waals surface area contributed by atoms with Gasteiger partial charge >= 0.3 is 6.09 Å². The van der Waals surface area contributed by atoms with E-state index in [0.29, 0.717) is 64.7 Å². The smallest absolute Gasteiger partial charge is 0.404 e. The van der Waals surface area contributed by atoms with Gasteiger partial charge in [0, 0.05) is 44.0 Å². The largest absolute Gasteiger partial charge is 0.465 e. The average Bonchev–Trinajstić information content (AvgIpc) is 3.55. The third kappa shape index (κ3) is 11.2. The molecule has 0 fully saturated rings. The van der Waals surface area contributed by atoms with Gasteiger partial charge in [-0.2, -0.15) is 5.26 Å². The maximum absolute atomic E-state index is 12.0. The predicted molar refractivity (Wildman–Crippen MR) is 143 cm³/mol. The van der Waals surface area contributed by atoms with E-state index in [1.807, 2.05) is 47.6 Å². The van der Waals surface area contributed by atoms with Gasteiger partial charge in [0.25, 0.3) is 0 Å². The third-order valence-corrected chi connectivity index (χ3v) is 5.83. The maximum atomic E-state index is 12.0. The minimum Gasteiger partial charge on any atom is -0.465 e. The molecule has 12 heteroatoms. The average molecular weight is 541 g/mol. The fourth-order valence-corrected chi connectivity index (χ4v) is 3.88. The lowest BCUT2D eigenvalue weighted by atomic mass is 10.2. The van der Waals surface area contributed by atoms with E-state index in [1.165, 1.54) is 0 Å². The first-order valence-electron chi connectivity index (χ1n) is 13.0. The molecule has 0 aliphatic heterocycles. The number of benzene rings is 1. The quantitative estimate of drug-likeness (QED) is 0.196. The number of nitriles is 1. The maximum Gasteiger partial charge on any atom is 0.404 e. The van der Waals surface area contributed by atoms with Crippen LogP contribution in [0.5, 0.6) is 0 Å². The van der Waals surface area contributed by atoms with E-state index >= 15 is 0 Å². The van der Waals surface area contributed by atoms with Crippen LogP contribution in [-0.4, -0.2) is 84.0 Å². The Morgan fingerprint density at radius 2 is 1.69 bits per heavy atom. The number of hydrogen-bond acceptors (Lipinski definition) is 7. The summed E-state index contributed by atoms with van der Waals surface area (Å²) in [5.41, 5.74) is 2.59. The number of nitrogens with one attached hydrogen (secondary N) is 2. The number of unbranched alkanes of at least 4 members (excludes halogenated alkanes) is 1. The number of imidazole rings is 1. The predicted octanol–water partition coefficient (Wildman–Crippen LogP) is 2.36. The number of amides is 2. The lowest BCUT2D eigenvalue weighted by Gasteiger charge is -2.08. The number of hydrogen-bond donors (Lipinski definition) is 3. The van der Waals surface area contributed by atoms with E-state index in [1.54, 1.807) is 0 Å².